The van der Waals surface area contributed by atoms with Crippen LogP contribution in [0.15, 0.2) is 12.3 Å². The Hall–Kier alpha value is -1.33. The van der Waals surface area contributed by atoms with Gasteiger partial charge in [-0.05, 0) is 24.3 Å². The molecule has 1 aromatic heterocycles. The van der Waals surface area contributed by atoms with E-state index < -0.39 is 0 Å². The van der Waals surface area contributed by atoms with Crippen LogP contribution in [0.4, 0.5) is 5.82 Å². The molecular weight excluding hydrogens is 240 g/mol. The fraction of sp³-hybridized carbons (Fsp3) is 0.455. The topological polar surface area (TPSA) is 80.0 Å². The Bertz CT molecular complexity index is 445. The van der Waals surface area contributed by atoms with Crippen LogP contribution in [-0.4, -0.2) is 17.4 Å². The average Bonchev–Trinajstić information content (AvgIpc) is 3.05. The van der Waals surface area contributed by atoms with Crippen molar-refractivity contribution in [2.45, 2.75) is 19.8 Å². The number of aromatic nitrogens is 1. The smallest absolute Gasteiger partial charge is 0.252 e. The summed E-state index contributed by atoms with van der Waals surface area (Å²) in [4.78, 5) is 15.8. The molecule has 0 bridgehead atoms. The van der Waals surface area contributed by atoms with E-state index >= 15 is 0 Å². The van der Waals surface area contributed by atoms with E-state index in [0.29, 0.717) is 22.9 Å². The van der Waals surface area contributed by atoms with Crippen LogP contribution in [0.3, 0.4) is 0 Å². The number of pyridine rings is 1. The van der Waals surface area contributed by atoms with Gasteiger partial charge in [-0.15, -0.1) is 0 Å². The van der Waals surface area contributed by atoms with Gasteiger partial charge in [-0.3, -0.25) is 4.79 Å². The molecule has 92 valence electrons. The van der Waals surface area contributed by atoms with E-state index in [1.165, 1.54) is 19.0 Å². The summed E-state index contributed by atoms with van der Waals surface area (Å²) in [5.41, 5.74) is 3.08. The van der Waals surface area contributed by atoms with Crippen LogP contribution in [0.1, 0.15) is 30.1 Å². The molecule has 1 aliphatic carbocycles. The zero-order valence-electron chi connectivity index (χ0n) is 9.59. The first kappa shape index (κ1) is 12.1. The van der Waals surface area contributed by atoms with Crippen molar-refractivity contribution in [2.75, 3.05) is 12.0 Å². The van der Waals surface area contributed by atoms with E-state index in [-0.39, 0.29) is 11.3 Å². The second-order valence-electron chi connectivity index (χ2n) is 4.69. The molecule has 0 atom stereocenters. The van der Waals surface area contributed by atoms with Gasteiger partial charge in [0.2, 0.25) is 0 Å². The lowest BCUT2D eigenvalue weighted by Gasteiger charge is -2.10. The minimum absolute atomic E-state index is 0.156. The zero-order valence-corrected chi connectivity index (χ0v) is 10.3. The largest absolute Gasteiger partial charge is 0.351 e. The zero-order chi connectivity index (χ0) is 12.5. The number of amides is 1. The Morgan fingerprint density at radius 1 is 1.65 bits per heavy atom. The molecule has 0 radical (unpaired) electrons. The number of hydrogen-bond donors (Lipinski definition) is 3. The summed E-state index contributed by atoms with van der Waals surface area (Å²) in [5, 5.41) is 3.21. The maximum Gasteiger partial charge on any atom is 0.252 e. The molecule has 1 fully saturated rings. The molecule has 0 aromatic carbocycles. The van der Waals surface area contributed by atoms with Gasteiger partial charge in [0.05, 0.1) is 10.6 Å². The molecule has 1 aliphatic rings. The highest BCUT2D eigenvalue weighted by Gasteiger charge is 2.37. The highest BCUT2D eigenvalue weighted by molar-refractivity contribution is 6.33. The van der Waals surface area contributed by atoms with Crippen LogP contribution in [0.5, 0.6) is 0 Å². The molecule has 1 saturated carbocycles. The highest BCUT2D eigenvalue weighted by atomic mass is 35.5. The number of carbonyl (C=O) groups is 1. The molecule has 1 amide bonds. The monoisotopic (exact) mass is 254 g/mol. The number of nitrogens with two attached hydrogens (primary N) is 1. The van der Waals surface area contributed by atoms with Crippen LogP contribution in [-0.2, 0) is 0 Å². The van der Waals surface area contributed by atoms with Gasteiger partial charge < -0.3 is 10.7 Å². The summed E-state index contributed by atoms with van der Waals surface area (Å²) in [6.45, 7) is 2.85. The van der Waals surface area contributed by atoms with Gasteiger partial charge in [-0.2, -0.15) is 0 Å². The van der Waals surface area contributed by atoms with E-state index in [1.807, 2.05) is 0 Å². The lowest BCUT2D eigenvalue weighted by atomic mass is 10.1. The third-order valence-electron chi connectivity index (χ3n) is 3.02. The van der Waals surface area contributed by atoms with Crippen LogP contribution in [0.25, 0.3) is 0 Å². The lowest BCUT2D eigenvalue weighted by Crippen LogP contribution is -2.29. The van der Waals surface area contributed by atoms with Crippen molar-refractivity contribution in [3.63, 3.8) is 0 Å². The Labute approximate surface area is 105 Å². The summed E-state index contributed by atoms with van der Waals surface area (Å²) in [6, 6.07) is 1.55. The Morgan fingerprint density at radius 2 is 2.35 bits per heavy atom. The Balaban J connectivity index is 2.01. The fourth-order valence-corrected chi connectivity index (χ4v) is 1.68. The van der Waals surface area contributed by atoms with Crippen molar-refractivity contribution in [3.8, 4) is 0 Å². The van der Waals surface area contributed by atoms with Gasteiger partial charge in [-0.25, -0.2) is 10.8 Å². The van der Waals surface area contributed by atoms with E-state index in [1.54, 1.807) is 6.07 Å². The first-order chi connectivity index (χ1) is 8.04. The van der Waals surface area contributed by atoms with Crippen LogP contribution in [0.2, 0.25) is 5.02 Å². The minimum Gasteiger partial charge on any atom is -0.351 e. The van der Waals surface area contributed by atoms with Gasteiger partial charge in [0.1, 0.15) is 0 Å². The van der Waals surface area contributed by atoms with Gasteiger partial charge >= 0.3 is 0 Å². The molecule has 17 heavy (non-hydrogen) atoms. The maximum atomic E-state index is 11.8. The summed E-state index contributed by atoms with van der Waals surface area (Å²) in [6.07, 6.45) is 3.79. The van der Waals surface area contributed by atoms with Gasteiger partial charge in [0.25, 0.3) is 5.91 Å². The number of halogens is 1. The molecule has 4 N–H and O–H groups in total. The summed E-state index contributed by atoms with van der Waals surface area (Å²) < 4.78 is 0. The maximum absolute atomic E-state index is 11.8. The second-order valence-corrected chi connectivity index (χ2v) is 5.10. The first-order valence-corrected chi connectivity index (χ1v) is 5.82. The quantitative estimate of drug-likeness (QED) is 0.563. The van der Waals surface area contributed by atoms with E-state index in [2.05, 4.69) is 22.7 Å². The molecule has 0 spiro atoms. The van der Waals surface area contributed by atoms with Crippen molar-refractivity contribution in [1.29, 1.82) is 0 Å². The number of carbonyl (C=O) groups excluding carboxylic acids is 1. The number of nitrogens with one attached hydrogen (secondary N) is 2. The molecule has 1 aromatic rings. The molecule has 0 unspecified atom stereocenters. The normalized spacial score (nSPS) is 16.4. The van der Waals surface area contributed by atoms with E-state index in [4.69, 9.17) is 17.4 Å². The third-order valence-corrected chi connectivity index (χ3v) is 3.31. The molecule has 1 heterocycles. The number of hydrazine groups is 1. The lowest BCUT2D eigenvalue weighted by molar-refractivity contribution is 0.0946. The fourth-order valence-electron chi connectivity index (χ4n) is 1.45. The number of anilines is 1. The molecule has 5 nitrogen and oxygen atoms in total. The standard InChI is InChI=1S/C11H15ClN4O/c1-11(2-3-11)6-15-10(17)7-4-8(12)9(16-13)14-5-7/h4-5H,2-3,6,13H2,1H3,(H,14,16)(H,15,17). The molecule has 0 saturated heterocycles. The van der Waals surface area contributed by atoms with Crippen molar-refractivity contribution >= 4 is 23.3 Å². The van der Waals surface area contributed by atoms with E-state index in [0.717, 1.165) is 0 Å². The predicted molar refractivity (Wildman–Crippen MR) is 66.7 cm³/mol. The van der Waals surface area contributed by atoms with Gasteiger partial charge in [0.15, 0.2) is 5.82 Å². The number of hydrogen-bond acceptors (Lipinski definition) is 4. The van der Waals surface area contributed by atoms with Crippen molar-refractivity contribution in [1.82, 2.24) is 10.3 Å². The van der Waals surface area contributed by atoms with Crippen molar-refractivity contribution in [3.05, 3.63) is 22.8 Å². The first-order valence-electron chi connectivity index (χ1n) is 5.44. The second kappa shape index (κ2) is 4.50. The van der Waals surface area contributed by atoms with Crippen molar-refractivity contribution < 1.29 is 4.79 Å². The number of nitrogens with zero attached hydrogens (tertiary/aromatic N) is 1. The van der Waals surface area contributed by atoms with Crippen LogP contribution >= 0.6 is 11.6 Å². The number of rotatable bonds is 4. The van der Waals surface area contributed by atoms with Gasteiger partial charge in [-0.1, -0.05) is 18.5 Å². The van der Waals surface area contributed by atoms with Crippen LogP contribution in [0, 0.1) is 5.41 Å². The van der Waals surface area contributed by atoms with E-state index in [9.17, 15) is 4.79 Å². The Morgan fingerprint density at radius 3 is 2.88 bits per heavy atom. The molecule has 0 aliphatic heterocycles. The summed E-state index contributed by atoms with van der Waals surface area (Å²) >= 11 is 5.89. The van der Waals surface area contributed by atoms with Crippen molar-refractivity contribution in [2.24, 2.45) is 11.3 Å². The predicted octanol–water partition coefficient (Wildman–Crippen LogP) is 1.55. The number of nitrogen functional groups attached to an aromatic ring is 1. The highest BCUT2D eigenvalue weighted by Crippen LogP contribution is 2.44. The Kier molecular flexibility index (Phi) is 3.22. The molecule has 6 heteroatoms. The minimum atomic E-state index is -0.156. The van der Waals surface area contributed by atoms with Gasteiger partial charge in [0, 0.05) is 12.7 Å². The SMILES string of the molecule is CC1(CNC(=O)c2cnc(NN)c(Cl)c2)CC1. The summed E-state index contributed by atoms with van der Waals surface area (Å²) in [7, 11) is 0. The third kappa shape index (κ3) is 2.87. The summed E-state index contributed by atoms with van der Waals surface area (Å²) in [5.74, 6) is 5.41. The molecular formula is C11H15ClN4O. The van der Waals surface area contributed by atoms with Crippen LogP contribution < -0.4 is 16.6 Å². The molecule has 2 rings (SSSR count). The average molecular weight is 255 g/mol.